The molecule has 0 unspecified atom stereocenters. The topological polar surface area (TPSA) is 84.7 Å². The number of benzene rings is 2. The summed E-state index contributed by atoms with van der Waals surface area (Å²) in [4.78, 5) is 27.7. The summed E-state index contributed by atoms with van der Waals surface area (Å²) in [5, 5.41) is 0.416. The minimum Gasteiger partial charge on any atom is -0.451 e. The van der Waals surface area contributed by atoms with Gasteiger partial charge in [0.2, 0.25) is 0 Å². The molecule has 0 aliphatic carbocycles. The first kappa shape index (κ1) is 23.2. The zero-order valence-corrected chi connectivity index (χ0v) is 20.2. The van der Waals surface area contributed by atoms with Crippen molar-refractivity contribution >= 4 is 26.7 Å². The second-order valence-corrected chi connectivity index (χ2v) is 12.1. The van der Waals surface area contributed by atoms with Crippen LogP contribution in [0, 0.1) is 6.92 Å². The van der Waals surface area contributed by atoms with Crippen molar-refractivity contribution in [1.29, 1.82) is 0 Å². The summed E-state index contributed by atoms with van der Waals surface area (Å²) in [6.45, 7) is 8.50. The Morgan fingerprint density at radius 3 is 2.39 bits per heavy atom. The summed E-state index contributed by atoms with van der Waals surface area (Å²) < 4.78 is 30.1. The van der Waals surface area contributed by atoms with Crippen molar-refractivity contribution in [2.45, 2.75) is 52.1 Å². The van der Waals surface area contributed by atoms with Crippen LogP contribution in [-0.2, 0) is 21.8 Å². The molecule has 1 fully saturated rings. The minimum atomic E-state index is -3.21. The van der Waals surface area contributed by atoms with Crippen LogP contribution in [0.5, 0.6) is 0 Å². The molecular formula is C26H29NO5S. The van der Waals surface area contributed by atoms with Crippen LogP contribution in [0.15, 0.2) is 57.7 Å². The van der Waals surface area contributed by atoms with E-state index >= 15 is 0 Å². The second kappa shape index (κ2) is 8.45. The quantitative estimate of drug-likeness (QED) is 0.573. The molecule has 4 rings (SSSR count). The fourth-order valence-corrected chi connectivity index (χ4v) is 5.94. The summed E-state index contributed by atoms with van der Waals surface area (Å²) in [6.07, 6.45) is 0.366. The molecule has 174 valence electrons. The van der Waals surface area contributed by atoms with Crippen LogP contribution in [0.4, 0.5) is 0 Å². The van der Waals surface area contributed by atoms with E-state index in [4.69, 9.17) is 4.42 Å². The number of amides is 1. The Kier molecular flexibility index (Phi) is 5.95. The number of fused-ring (bicyclic) bond motifs is 1. The molecule has 2 aromatic carbocycles. The third kappa shape index (κ3) is 5.03. The Labute approximate surface area is 194 Å². The lowest BCUT2D eigenvalue weighted by atomic mass is 9.86. The highest BCUT2D eigenvalue weighted by Gasteiger charge is 2.36. The van der Waals surface area contributed by atoms with Gasteiger partial charge in [-0.05, 0) is 42.0 Å². The van der Waals surface area contributed by atoms with E-state index in [1.165, 1.54) is 16.5 Å². The lowest BCUT2D eigenvalue weighted by molar-refractivity contribution is 0.0648. The number of carbonyl (C=O) groups excluding carboxylic acids is 1. The number of carbonyl (C=O) groups is 1. The Morgan fingerprint density at radius 1 is 1.09 bits per heavy atom. The van der Waals surface area contributed by atoms with E-state index < -0.39 is 21.8 Å². The van der Waals surface area contributed by atoms with Gasteiger partial charge in [0, 0.05) is 18.7 Å². The molecule has 7 heteroatoms. The molecule has 1 amide bonds. The van der Waals surface area contributed by atoms with Crippen LogP contribution in [0.2, 0.25) is 0 Å². The van der Waals surface area contributed by atoms with E-state index in [2.05, 4.69) is 20.8 Å². The number of aryl methyl sites for hydroxylation is 1. The van der Waals surface area contributed by atoms with Gasteiger partial charge in [-0.3, -0.25) is 9.59 Å². The molecule has 0 spiro atoms. The van der Waals surface area contributed by atoms with Crippen molar-refractivity contribution in [3.8, 4) is 0 Å². The van der Waals surface area contributed by atoms with E-state index in [1.807, 2.05) is 37.3 Å². The van der Waals surface area contributed by atoms with E-state index in [0.29, 0.717) is 17.4 Å². The predicted molar refractivity (Wildman–Crippen MR) is 129 cm³/mol. The molecule has 1 aliphatic heterocycles. The van der Waals surface area contributed by atoms with Gasteiger partial charge in [-0.1, -0.05) is 56.7 Å². The number of rotatable bonds is 4. The zero-order chi connectivity index (χ0) is 24.0. The third-order valence-corrected chi connectivity index (χ3v) is 7.93. The molecule has 0 saturated carbocycles. The van der Waals surface area contributed by atoms with Crippen molar-refractivity contribution in [3.05, 3.63) is 81.2 Å². The first-order chi connectivity index (χ1) is 15.4. The fourth-order valence-electron chi connectivity index (χ4n) is 4.21. The Balaban J connectivity index is 1.70. The van der Waals surface area contributed by atoms with Crippen molar-refractivity contribution in [3.63, 3.8) is 0 Å². The predicted octanol–water partition coefficient (Wildman–Crippen LogP) is 4.23. The fraction of sp³-hybridized carbons (Fsp3) is 0.385. The van der Waals surface area contributed by atoms with Gasteiger partial charge < -0.3 is 9.32 Å². The maximum Gasteiger partial charge on any atom is 0.290 e. The van der Waals surface area contributed by atoms with Crippen LogP contribution in [0.3, 0.4) is 0 Å². The third-order valence-electron chi connectivity index (χ3n) is 6.18. The van der Waals surface area contributed by atoms with Crippen molar-refractivity contribution in [2.75, 3.05) is 11.5 Å². The molecule has 33 heavy (non-hydrogen) atoms. The monoisotopic (exact) mass is 467 g/mol. The number of sulfone groups is 1. The Hall–Kier alpha value is -2.93. The van der Waals surface area contributed by atoms with Gasteiger partial charge in [0.1, 0.15) is 5.58 Å². The zero-order valence-electron chi connectivity index (χ0n) is 19.4. The van der Waals surface area contributed by atoms with Crippen molar-refractivity contribution in [2.24, 2.45) is 0 Å². The van der Waals surface area contributed by atoms with Crippen LogP contribution in [0.1, 0.15) is 54.4 Å². The first-order valence-corrected chi connectivity index (χ1v) is 12.9. The van der Waals surface area contributed by atoms with Gasteiger partial charge in [-0.2, -0.15) is 0 Å². The first-order valence-electron chi connectivity index (χ1n) is 11.1. The summed E-state index contributed by atoms with van der Waals surface area (Å²) in [5.41, 5.74) is 3.02. The van der Waals surface area contributed by atoms with Crippen LogP contribution < -0.4 is 5.43 Å². The maximum absolute atomic E-state index is 13.5. The number of nitrogens with zero attached hydrogens (tertiary/aromatic N) is 1. The lowest BCUT2D eigenvalue weighted by Gasteiger charge is -2.28. The average Bonchev–Trinajstić information content (AvgIpc) is 3.11. The summed E-state index contributed by atoms with van der Waals surface area (Å²) in [5.74, 6) is -0.593. The Morgan fingerprint density at radius 2 is 1.79 bits per heavy atom. The van der Waals surface area contributed by atoms with E-state index in [1.54, 1.807) is 12.1 Å². The average molecular weight is 468 g/mol. The second-order valence-electron chi connectivity index (χ2n) is 9.91. The highest BCUT2D eigenvalue weighted by Crippen LogP contribution is 2.26. The molecule has 6 nitrogen and oxygen atoms in total. The van der Waals surface area contributed by atoms with Gasteiger partial charge in [-0.15, -0.1) is 0 Å². The van der Waals surface area contributed by atoms with E-state index in [9.17, 15) is 18.0 Å². The number of hydrogen-bond acceptors (Lipinski definition) is 5. The van der Waals surface area contributed by atoms with E-state index in [-0.39, 0.29) is 34.7 Å². The lowest BCUT2D eigenvalue weighted by Crippen LogP contribution is -2.41. The van der Waals surface area contributed by atoms with Gasteiger partial charge >= 0.3 is 0 Å². The highest BCUT2D eigenvalue weighted by atomic mass is 32.2. The molecule has 0 radical (unpaired) electrons. The van der Waals surface area contributed by atoms with Crippen LogP contribution in [0.25, 0.3) is 11.0 Å². The van der Waals surface area contributed by atoms with Gasteiger partial charge in [0.05, 0.1) is 16.9 Å². The van der Waals surface area contributed by atoms with Crippen LogP contribution in [-0.4, -0.2) is 36.8 Å². The molecule has 1 saturated heterocycles. The molecule has 0 N–H and O–H groups in total. The van der Waals surface area contributed by atoms with E-state index in [0.717, 1.165) is 11.1 Å². The number of hydrogen-bond donors (Lipinski definition) is 0. The van der Waals surface area contributed by atoms with Gasteiger partial charge in [0.15, 0.2) is 21.0 Å². The smallest absolute Gasteiger partial charge is 0.290 e. The molecule has 0 bridgehead atoms. The molecule has 1 atom stereocenters. The summed E-state index contributed by atoms with van der Waals surface area (Å²) in [7, 11) is -3.21. The molecule has 1 aromatic heterocycles. The standard InChI is InChI=1S/C26H29NO5S/c1-17-5-10-23-21(13-17)22(28)14-24(32-23)25(29)27(20-11-12-33(30,31)16-20)15-18-6-8-19(9-7-18)26(2,3)4/h5-10,13-14,20H,11-12,15-16H2,1-4H3/t20-/m1/s1. The highest BCUT2D eigenvalue weighted by molar-refractivity contribution is 7.91. The SMILES string of the molecule is Cc1ccc2oc(C(=O)N(Cc3ccc(C(C)(C)C)cc3)[C@@H]3CCS(=O)(=O)C3)cc(=O)c2c1. The molecule has 3 aromatic rings. The normalized spacial score (nSPS) is 17.9. The molecular weight excluding hydrogens is 438 g/mol. The molecule has 2 heterocycles. The van der Waals surface area contributed by atoms with Crippen molar-refractivity contribution in [1.82, 2.24) is 4.90 Å². The summed E-state index contributed by atoms with van der Waals surface area (Å²) in [6, 6.07) is 14.0. The maximum atomic E-state index is 13.5. The van der Waals surface area contributed by atoms with Crippen LogP contribution >= 0.6 is 0 Å². The summed E-state index contributed by atoms with van der Waals surface area (Å²) >= 11 is 0. The van der Waals surface area contributed by atoms with Gasteiger partial charge in [-0.25, -0.2) is 8.42 Å². The van der Waals surface area contributed by atoms with Crippen molar-refractivity contribution < 1.29 is 17.6 Å². The van der Waals surface area contributed by atoms with Gasteiger partial charge in [0.25, 0.3) is 5.91 Å². The minimum absolute atomic E-state index is 0.000420. The molecule has 1 aliphatic rings. The largest absolute Gasteiger partial charge is 0.451 e. The Bertz CT molecular complexity index is 1360.